The Bertz CT molecular complexity index is 673. The van der Waals surface area contributed by atoms with Crippen molar-refractivity contribution in [3.8, 4) is 0 Å². The van der Waals surface area contributed by atoms with Gasteiger partial charge in [-0.2, -0.15) is 0 Å². The highest BCUT2D eigenvalue weighted by Crippen LogP contribution is 2.17. The minimum atomic E-state index is 0. The zero-order chi connectivity index (χ0) is 15.0. The molecule has 1 aliphatic heterocycles. The van der Waals surface area contributed by atoms with E-state index in [1.807, 2.05) is 40.7 Å². The molecule has 1 amide bonds. The molecule has 0 saturated carbocycles. The van der Waals surface area contributed by atoms with E-state index in [4.69, 9.17) is 0 Å². The summed E-state index contributed by atoms with van der Waals surface area (Å²) >= 11 is 0. The molecule has 1 aliphatic rings. The van der Waals surface area contributed by atoms with Gasteiger partial charge in [0, 0.05) is 25.2 Å². The summed E-state index contributed by atoms with van der Waals surface area (Å²) in [6.45, 7) is 8.19. The lowest BCUT2D eigenvalue weighted by atomic mass is 10.1. The van der Waals surface area contributed by atoms with Gasteiger partial charge in [-0.25, -0.2) is 4.98 Å². The Morgan fingerprint density at radius 3 is 2.74 bits per heavy atom. The van der Waals surface area contributed by atoms with Gasteiger partial charge < -0.3 is 14.8 Å². The quantitative estimate of drug-likeness (QED) is 0.896. The molecule has 2 heterocycles. The monoisotopic (exact) mass is 358 g/mol. The molecule has 0 radical (unpaired) electrons. The van der Waals surface area contributed by atoms with Gasteiger partial charge in [0.2, 0.25) is 5.91 Å². The predicted octanol–water partition coefficient (Wildman–Crippen LogP) is 2.40. The van der Waals surface area contributed by atoms with E-state index in [1.54, 1.807) is 0 Å². The zero-order valence-electron chi connectivity index (χ0n) is 13.7. The number of benzene rings is 1. The number of rotatable bonds is 2. The Hall–Kier alpha value is -1.30. The van der Waals surface area contributed by atoms with E-state index in [1.165, 1.54) is 0 Å². The summed E-state index contributed by atoms with van der Waals surface area (Å²) < 4.78 is 2.01. The Morgan fingerprint density at radius 1 is 1.30 bits per heavy atom. The molecule has 0 spiro atoms. The van der Waals surface area contributed by atoms with Crippen molar-refractivity contribution in [2.45, 2.75) is 39.4 Å². The second-order valence-electron chi connectivity index (χ2n) is 5.80. The fraction of sp³-hybridized carbons (Fsp3) is 0.500. The van der Waals surface area contributed by atoms with Gasteiger partial charge in [-0.1, -0.05) is 12.1 Å². The molecule has 1 aromatic heterocycles. The second kappa shape index (κ2) is 7.99. The average molecular weight is 359 g/mol. The Labute approximate surface area is 149 Å². The molecule has 128 valence electrons. The Kier molecular flexibility index (Phi) is 6.86. The van der Waals surface area contributed by atoms with E-state index in [0.29, 0.717) is 12.6 Å². The molecule has 2 unspecified atom stereocenters. The van der Waals surface area contributed by atoms with E-state index in [0.717, 1.165) is 29.9 Å². The SMILES string of the molecule is Cc1nc2ccccc2n1CC(=O)N1CCNC(C)C1C.Cl.Cl. The maximum Gasteiger partial charge on any atom is 0.242 e. The fourth-order valence-electron chi connectivity index (χ4n) is 3.03. The van der Waals surface area contributed by atoms with Gasteiger partial charge in [0.05, 0.1) is 11.0 Å². The van der Waals surface area contributed by atoms with Gasteiger partial charge >= 0.3 is 0 Å². The summed E-state index contributed by atoms with van der Waals surface area (Å²) in [6.07, 6.45) is 0. The van der Waals surface area contributed by atoms with Crippen molar-refractivity contribution >= 4 is 41.8 Å². The van der Waals surface area contributed by atoms with Gasteiger partial charge in [-0.15, -0.1) is 24.8 Å². The highest BCUT2D eigenvalue weighted by Gasteiger charge is 2.28. The number of nitrogens with one attached hydrogen (secondary N) is 1. The molecule has 1 aromatic carbocycles. The molecule has 2 aromatic rings. The summed E-state index contributed by atoms with van der Waals surface area (Å²) in [4.78, 5) is 19.2. The van der Waals surface area contributed by atoms with Gasteiger partial charge in [-0.3, -0.25) is 4.79 Å². The second-order valence-corrected chi connectivity index (χ2v) is 5.80. The van der Waals surface area contributed by atoms with Crippen LogP contribution in [0.25, 0.3) is 11.0 Å². The molecule has 0 aliphatic carbocycles. The first-order valence-corrected chi connectivity index (χ1v) is 7.52. The maximum atomic E-state index is 12.7. The molecule has 1 fully saturated rings. The van der Waals surface area contributed by atoms with Gasteiger partial charge in [0.15, 0.2) is 0 Å². The Balaban J connectivity index is 0.00000132. The number of halogens is 2. The molecule has 23 heavy (non-hydrogen) atoms. The van der Waals surface area contributed by atoms with Crippen LogP contribution in [0.1, 0.15) is 19.7 Å². The van der Waals surface area contributed by atoms with Crippen LogP contribution in [0, 0.1) is 6.92 Å². The number of piperazine rings is 1. The summed E-state index contributed by atoms with van der Waals surface area (Å²) in [6, 6.07) is 8.52. The highest BCUT2D eigenvalue weighted by atomic mass is 35.5. The van der Waals surface area contributed by atoms with Gasteiger partial charge in [0.1, 0.15) is 12.4 Å². The van der Waals surface area contributed by atoms with Crippen LogP contribution in [0.5, 0.6) is 0 Å². The molecule has 1 N–H and O–H groups in total. The smallest absolute Gasteiger partial charge is 0.242 e. The lowest BCUT2D eigenvalue weighted by Crippen LogP contribution is -2.57. The third-order valence-electron chi connectivity index (χ3n) is 4.49. The minimum absolute atomic E-state index is 0. The number of hydrogen-bond acceptors (Lipinski definition) is 3. The minimum Gasteiger partial charge on any atom is -0.336 e. The highest BCUT2D eigenvalue weighted by molar-refractivity contribution is 5.85. The first-order valence-electron chi connectivity index (χ1n) is 7.52. The third-order valence-corrected chi connectivity index (χ3v) is 4.49. The van der Waals surface area contributed by atoms with Crippen molar-refractivity contribution in [3.05, 3.63) is 30.1 Å². The lowest BCUT2D eigenvalue weighted by molar-refractivity contribution is -0.135. The summed E-state index contributed by atoms with van der Waals surface area (Å²) in [5.74, 6) is 1.06. The first kappa shape index (κ1) is 19.7. The van der Waals surface area contributed by atoms with E-state index in [-0.39, 0.29) is 36.8 Å². The molecule has 7 heteroatoms. The van der Waals surface area contributed by atoms with Crippen LogP contribution in [0.2, 0.25) is 0 Å². The number of amides is 1. The van der Waals surface area contributed by atoms with Crippen molar-refractivity contribution in [1.29, 1.82) is 0 Å². The van der Waals surface area contributed by atoms with E-state index < -0.39 is 0 Å². The van der Waals surface area contributed by atoms with Crippen molar-refractivity contribution in [2.24, 2.45) is 0 Å². The van der Waals surface area contributed by atoms with Crippen molar-refractivity contribution < 1.29 is 4.79 Å². The standard InChI is InChI=1S/C16H22N4O.2ClH/c1-11-12(2)19(9-8-17-11)16(21)10-20-13(3)18-14-6-4-5-7-15(14)20;;/h4-7,11-12,17H,8-10H2,1-3H3;2*1H. The predicted molar refractivity (Wildman–Crippen MR) is 97.6 cm³/mol. The fourth-order valence-corrected chi connectivity index (χ4v) is 3.03. The molecular weight excluding hydrogens is 335 g/mol. The van der Waals surface area contributed by atoms with Crippen LogP contribution in [-0.2, 0) is 11.3 Å². The lowest BCUT2D eigenvalue weighted by Gasteiger charge is -2.38. The van der Waals surface area contributed by atoms with E-state index in [2.05, 4.69) is 24.1 Å². The summed E-state index contributed by atoms with van der Waals surface area (Å²) in [5, 5.41) is 3.40. The number of nitrogens with zero attached hydrogens (tertiary/aromatic N) is 3. The average Bonchev–Trinajstić information content (AvgIpc) is 2.78. The van der Waals surface area contributed by atoms with E-state index in [9.17, 15) is 4.79 Å². The van der Waals surface area contributed by atoms with E-state index >= 15 is 0 Å². The topological polar surface area (TPSA) is 50.2 Å². The summed E-state index contributed by atoms with van der Waals surface area (Å²) in [7, 11) is 0. The number of carbonyl (C=O) groups excluding carboxylic acids is 1. The van der Waals surface area contributed by atoms with Crippen LogP contribution in [0.4, 0.5) is 0 Å². The van der Waals surface area contributed by atoms with Crippen LogP contribution >= 0.6 is 24.8 Å². The largest absolute Gasteiger partial charge is 0.336 e. The molecule has 0 bridgehead atoms. The van der Waals surface area contributed by atoms with Crippen LogP contribution < -0.4 is 5.32 Å². The number of para-hydroxylation sites is 2. The van der Waals surface area contributed by atoms with Crippen molar-refractivity contribution in [3.63, 3.8) is 0 Å². The van der Waals surface area contributed by atoms with Crippen LogP contribution in [-0.4, -0.2) is 45.5 Å². The third kappa shape index (κ3) is 3.79. The number of aryl methyl sites for hydroxylation is 1. The van der Waals surface area contributed by atoms with Crippen molar-refractivity contribution in [1.82, 2.24) is 19.8 Å². The van der Waals surface area contributed by atoms with Crippen molar-refractivity contribution in [2.75, 3.05) is 13.1 Å². The first-order chi connectivity index (χ1) is 10.1. The molecule has 3 rings (SSSR count). The molecular formula is C16H24Cl2N4O. The summed E-state index contributed by atoms with van der Waals surface area (Å²) in [5.41, 5.74) is 1.98. The Morgan fingerprint density at radius 2 is 2.00 bits per heavy atom. The number of imidazole rings is 1. The normalized spacial score (nSPS) is 20.7. The number of aromatic nitrogens is 2. The van der Waals surface area contributed by atoms with Gasteiger partial charge in [-0.05, 0) is 32.9 Å². The number of fused-ring (bicyclic) bond motifs is 1. The molecule has 5 nitrogen and oxygen atoms in total. The van der Waals surface area contributed by atoms with Crippen LogP contribution in [0.15, 0.2) is 24.3 Å². The number of hydrogen-bond donors (Lipinski definition) is 1. The maximum absolute atomic E-state index is 12.7. The zero-order valence-corrected chi connectivity index (χ0v) is 15.3. The van der Waals surface area contributed by atoms with Gasteiger partial charge in [0.25, 0.3) is 0 Å². The number of carbonyl (C=O) groups is 1. The molecule has 1 saturated heterocycles. The van der Waals surface area contributed by atoms with Crippen LogP contribution in [0.3, 0.4) is 0 Å². The molecule has 2 atom stereocenters.